The van der Waals surface area contributed by atoms with Gasteiger partial charge in [0.15, 0.2) is 0 Å². The first-order valence-electron chi connectivity index (χ1n) is 6.95. The molecule has 1 heterocycles. The third-order valence-electron chi connectivity index (χ3n) is 3.78. The number of hydrogen-bond acceptors (Lipinski definition) is 4. The van der Waals surface area contributed by atoms with Gasteiger partial charge in [-0.2, -0.15) is 0 Å². The van der Waals surface area contributed by atoms with Gasteiger partial charge in [-0.3, -0.25) is 0 Å². The van der Waals surface area contributed by atoms with Gasteiger partial charge in [0.05, 0.1) is 0 Å². The summed E-state index contributed by atoms with van der Waals surface area (Å²) in [6.07, 6.45) is 4.69. The second kappa shape index (κ2) is 5.55. The Kier molecular flexibility index (Phi) is 4.04. The predicted molar refractivity (Wildman–Crippen MR) is 76.1 cm³/mol. The highest BCUT2D eigenvalue weighted by molar-refractivity contribution is 5.57. The molecule has 0 bridgehead atoms. The average Bonchev–Trinajstić information content (AvgIpc) is 2.77. The SMILES string of the molecule is CCc1nc(NC)c(C)c(NC2CCC(C)C2)n1. The number of anilines is 2. The Labute approximate surface area is 110 Å². The van der Waals surface area contributed by atoms with Gasteiger partial charge in [-0.15, -0.1) is 0 Å². The topological polar surface area (TPSA) is 49.8 Å². The zero-order valence-electron chi connectivity index (χ0n) is 11.9. The van der Waals surface area contributed by atoms with Crippen LogP contribution in [0.2, 0.25) is 0 Å². The third kappa shape index (κ3) is 2.74. The number of nitrogens with zero attached hydrogens (tertiary/aromatic N) is 2. The van der Waals surface area contributed by atoms with Crippen LogP contribution in [0.15, 0.2) is 0 Å². The summed E-state index contributed by atoms with van der Waals surface area (Å²) >= 11 is 0. The van der Waals surface area contributed by atoms with Crippen molar-refractivity contribution in [1.82, 2.24) is 9.97 Å². The number of nitrogens with one attached hydrogen (secondary N) is 2. The predicted octanol–water partition coefficient (Wildman–Crippen LogP) is 2.99. The molecule has 0 amide bonds. The van der Waals surface area contributed by atoms with E-state index < -0.39 is 0 Å². The van der Waals surface area contributed by atoms with Crippen molar-refractivity contribution in [3.05, 3.63) is 11.4 Å². The largest absolute Gasteiger partial charge is 0.373 e. The molecule has 100 valence electrons. The Hall–Kier alpha value is -1.32. The van der Waals surface area contributed by atoms with E-state index in [9.17, 15) is 0 Å². The molecule has 0 spiro atoms. The molecule has 1 saturated carbocycles. The van der Waals surface area contributed by atoms with Crippen LogP contribution in [0.3, 0.4) is 0 Å². The molecule has 4 nitrogen and oxygen atoms in total. The van der Waals surface area contributed by atoms with Crippen LogP contribution in [0.4, 0.5) is 11.6 Å². The summed E-state index contributed by atoms with van der Waals surface area (Å²) in [4.78, 5) is 9.12. The molecule has 0 aromatic carbocycles. The van der Waals surface area contributed by atoms with Gasteiger partial charge in [0, 0.05) is 25.1 Å². The fraction of sp³-hybridized carbons (Fsp3) is 0.714. The average molecular weight is 248 g/mol. The molecular formula is C14H24N4. The lowest BCUT2D eigenvalue weighted by atomic mass is 10.1. The van der Waals surface area contributed by atoms with Gasteiger partial charge in [0.25, 0.3) is 0 Å². The van der Waals surface area contributed by atoms with E-state index in [4.69, 9.17) is 0 Å². The van der Waals surface area contributed by atoms with Crippen LogP contribution in [-0.2, 0) is 6.42 Å². The highest BCUT2D eigenvalue weighted by atomic mass is 15.1. The lowest BCUT2D eigenvalue weighted by Crippen LogP contribution is -2.18. The van der Waals surface area contributed by atoms with Gasteiger partial charge in [0.2, 0.25) is 0 Å². The molecule has 1 aliphatic rings. The minimum Gasteiger partial charge on any atom is -0.373 e. The summed E-state index contributed by atoms with van der Waals surface area (Å²) in [7, 11) is 1.91. The van der Waals surface area contributed by atoms with Crippen LogP contribution in [0, 0.1) is 12.8 Å². The lowest BCUT2D eigenvalue weighted by Gasteiger charge is -2.17. The summed E-state index contributed by atoms with van der Waals surface area (Å²) in [5, 5.41) is 6.75. The number of aromatic nitrogens is 2. The smallest absolute Gasteiger partial charge is 0.134 e. The van der Waals surface area contributed by atoms with E-state index in [1.165, 1.54) is 19.3 Å². The Bertz CT molecular complexity index is 417. The number of aryl methyl sites for hydroxylation is 1. The Morgan fingerprint density at radius 2 is 1.94 bits per heavy atom. The second-order valence-electron chi connectivity index (χ2n) is 5.33. The molecule has 1 aromatic heterocycles. The quantitative estimate of drug-likeness (QED) is 0.860. The van der Waals surface area contributed by atoms with Gasteiger partial charge < -0.3 is 10.6 Å². The van der Waals surface area contributed by atoms with E-state index in [-0.39, 0.29) is 0 Å². The van der Waals surface area contributed by atoms with Gasteiger partial charge in [-0.05, 0) is 32.1 Å². The molecule has 1 aromatic rings. The molecule has 0 radical (unpaired) electrons. The van der Waals surface area contributed by atoms with Crippen molar-refractivity contribution in [3.8, 4) is 0 Å². The van der Waals surface area contributed by atoms with Crippen LogP contribution in [0.1, 0.15) is 44.5 Å². The summed E-state index contributed by atoms with van der Waals surface area (Å²) < 4.78 is 0. The molecule has 2 rings (SSSR count). The van der Waals surface area contributed by atoms with Crippen molar-refractivity contribution in [2.75, 3.05) is 17.7 Å². The summed E-state index contributed by atoms with van der Waals surface area (Å²) in [5.74, 6) is 3.68. The van der Waals surface area contributed by atoms with E-state index in [0.717, 1.165) is 35.4 Å². The highest BCUT2D eigenvalue weighted by Crippen LogP contribution is 2.29. The Morgan fingerprint density at radius 3 is 2.50 bits per heavy atom. The normalized spacial score (nSPS) is 23.1. The maximum Gasteiger partial charge on any atom is 0.134 e. The maximum absolute atomic E-state index is 4.63. The molecule has 2 atom stereocenters. The van der Waals surface area contributed by atoms with Gasteiger partial charge in [-0.1, -0.05) is 13.8 Å². The second-order valence-corrected chi connectivity index (χ2v) is 5.33. The molecular weight excluding hydrogens is 224 g/mol. The highest BCUT2D eigenvalue weighted by Gasteiger charge is 2.22. The summed E-state index contributed by atoms with van der Waals surface area (Å²) in [6.45, 7) is 6.49. The lowest BCUT2D eigenvalue weighted by molar-refractivity contribution is 0.602. The molecule has 18 heavy (non-hydrogen) atoms. The van der Waals surface area contributed by atoms with E-state index >= 15 is 0 Å². The van der Waals surface area contributed by atoms with Crippen LogP contribution in [0.5, 0.6) is 0 Å². The van der Waals surface area contributed by atoms with Crippen LogP contribution in [0.25, 0.3) is 0 Å². The number of hydrogen-bond donors (Lipinski definition) is 2. The van der Waals surface area contributed by atoms with Crippen molar-refractivity contribution in [2.24, 2.45) is 5.92 Å². The summed E-state index contributed by atoms with van der Waals surface area (Å²) in [5.41, 5.74) is 1.12. The fourth-order valence-corrected chi connectivity index (χ4v) is 2.64. The van der Waals surface area contributed by atoms with E-state index in [2.05, 4.69) is 41.4 Å². The van der Waals surface area contributed by atoms with Crippen molar-refractivity contribution in [3.63, 3.8) is 0 Å². The molecule has 1 aliphatic carbocycles. The monoisotopic (exact) mass is 248 g/mol. The van der Waals surface area contributed by atoms with Gasteiger partial charge in [0.1, 0.15) is 17.5 Å². The van der Waals surface area contributed by atoms with Crippen molar-refractivity contribution >= 4 is 11.6 Å². The molecule has 2 unspecified atom stereocenters. The van der Waals surface area contributed by atoms with E-state index in [1.807, 2.05) is 7.05 Å². The zero-order chi connectivity index (χ0) is 13.1. The standard InChI is InChI=1S/C14H24N4/c1-5-12-17-13(15-4)10(3)14(18-12)16-11-7-6-9(2)8-11/h9,11H,5-8H2,1-4H3,(H2,15,16,17,18). The van der Waals surface area contributed by atoms with Crippen molar-refractivity contribution in [1.29, 1.82) is 0 Å². The fourth-order valence-electron chi connectivity index (χ4n) is 2.64. The van der Waals surface area contributed by atoms with Crippen LogP contribution in [-0.4, -0.2) is 23.1 Å². The third-order valence-corrected chi connectivity index (χ3v) is 3.78. The Balaban J connectivity index is 2.20. The van der Waals surface area contributed by atoms with Crippen molar-refractivity contribution < 1.29 is 0 Å². The first kappa shape index (κ1) is 13.1. The van der Waals surface area contributed by atoms with E-state index in [0.29, 0.717) is 6.04 Å². The minimum absolute atomic E-state index is 0.572. The maximum atomic E-state index is 4.63. The number of rotatable bonds is 4. The van der Waals surface area contributed by atoms with Crippen LogP contribution >= 0.6 is 0 Å². The molecule has 0 aliphatic heterocycles. The Morgan fingerprint density at radius 1 is 1.22 bits per heavy atom. The zero-order valence-corrected chi connectivity index (χ0v) is 11.9. The molecule has 1 fully saturated rings. The minimum atomic E-state index is 0.572. The van der Waals surface area contributed by atoms with E-state index in [1.54, 1.807) is 0 Å². The summed E-state index contributed by atoms with van der Waals surface area (Å²) in [6, 6.07) is 0.572. The molecule has 4 heteroatoms. The first-order chi connectivity index (χ1) is 8.63. The van der Waals surface area contributed by atoms with Crippen molar-refractivity contribution in [2.45, 2.75) is 52.5 Å². The first-order valence-corrected chi connectivity index (χ1v) is 6.95. The van der Waals surface area contributed by atoms with Gasteiger partial charge in [-0.25, -0.2) is 9.97 Å². The molecule has 2 N–H and O–H groups in total. The molecule has 0 saturated heterocycles. The van der Waals surface area contributed by atoms with Gasteiger partial charge >= 0.3 is 0 Å². The van der Waals surface area contributed by atoms with Crippen LogP contribution < -0.4 is 10.6 Å².